The van der Waals surface area contributed by atoms with Gasteiger partial charge in [0.25, 0.3) is 11.8 Å². The van der Waals surface area contributed by atoms with Gasteiger partial charge in [0.05, 0.1) is 23.3 Å². The van der Waals surface area contributed by atoms with Gasteiger partial charge in [-0.1, -0.05) is 12.1 Å². The van der Waals surface area contributed by atoms with Crippen molar-refractivity contribution in [2.75, 3.05) is 45.2 Å². The summed E-state index contributed by atoms with van der Waals surface area (Å²) >= 11 is 0. The Morgan fingerprint density at radius 1 is 1.10 bits per heavy atom. The topological polar surface area (TPSA) is 105 Å². The number of nitrogens with one attached hydrogen (secondary N) is 1. The molecule has 1 saturated heterocycles. The molecule has 0 spiro atoms. The first-order chi connectivity index (χ1) is 14.4. The number of carbonyl (C=O) groups is 2. The molecular weight excluding hydrogens is 410 g/mol. The van der Waals surface area contributed by atoms with E-state index in [0.29, 0.717) is 22.7 Å². The van der Waals surface area contributed by atoms with Crippen LogP contribution in [0.25, 0.3) is 0 Å². The monoisotopic (exact) mass is 431 g/mol. The van der Waals surface area contributed by atoms with Crippen molar-refractivity contribution >= 4 is 27.5 Å². The van der Waals surface area contributed by atoms with Crippen LogP contribution in [-0.2, 0) is 14.8 Å². The number of ether oxygens (including phenoxy) is 2. The molecule has 9 nitrogen and oxygen atoms in total. The Kier molecular flexibility index (Phi) is 5.35. The van der Waals surface area contributed by atoms with Crippen molar-refractivity contribution < 1.29 is 27.5 Å². The molecule has 10 heteroatoms. The van der Waals surface area contributed by atoms with Crippen molar-refractivity contribution in [2.45, 2.75) is 4.90 Å². The number of fused-ring (bicyclic) bond motifs is 1. The van der Waals surface area contributed by atoms with Crippen LogP contribution in [0.4, 0.5) is 5.69 Å². The molecule has 0 radical (unpaired) electrons. The highest BCUT2D eigenvalue weighted by molar-refractivity contribution is 7.89. The summed E-state index contributed by atoms with van der Waals surface area (Å²) in [4.78, 5) is 26.0. The van der Waals surface area contributed by atoms with E-state index in [1.54, 1.807) is 29.2 Å². The zero-order valence-electron chi connectivity index (χ0n) is 16.3. The predicted octanol–water partition coefficient (Wildman–Crippen LogP) is 1.17. The van der Waals surface area contributed by atoms with Crippen LogP contribution < -0.4 is 14.8 Å². The van der Waals surface area contributed by atoms with Crippen LogP contribution in [0.15, 0.2) is 47.4 Å². The Morgan fingerprint density at radius 3 is 2.57 bits per heavy atom. The standard InChI is InChI=1S/C20H21N3O6S/c1-28-17-5-3-2-4-15(17)20(25)22-8-10-23(11-9-22)30(26,27)14-6-7-18-16(12-14)21-19(24)13-29-18/h2-7,12H,8-11,13H2,1H3,(H,21,24). The molecule has 158 valence electrons. The number of amides is 2. The fourth-order valence-corrected chi connectivity index (χ4v) is 4.94. The van der Waals surface area contributed by atoms with Crippen LogP contribution in [0.2, 0.25) is 0 Å². The second kappa shape index (κ2) is 7.96. The van der Waals surface area contributed by atoms with E-state index in [1.165, 1.54) is 29.6 Å². The molecule has 1 N–H and O–H groups in total. The Balaban J connectivity index is 1.48. The van der Waals surface area contributed by atoms with Crippen molar-refractivity contribution in [2.24, 2.45) is 0 Å². The first-order valence-electron chi connectivity index (χ1n) is 9.39. The lowest BCUT2D eigenvalue weighted by atomic mass is 10.1. The Labute approximate surface area is 174 Å². The van der Waals surface area contributed by atoms with Gasteiger partial charge in [0, 0.05) is 26.2 Å². The van der Waals surface area contributed by atoms with Crippen LogP contribution in [0.1, 0.15) is 10.4 Å². The minimum absolute atomic E-state index is 0.0663. The molecule has 0 unspecified atom stereocenters. The largest absolute Gasteiger partial charge is 0.496 e. The second-order valence-corrected chi connectivity index (χ2v) is 8.83. The van der Waals surface area contributed by atoms with Crippen LogP contribution >= 0.6 is 0 Å². The van der Waals surface area contributed by atoms with Crippen molar-refractivity contribution in [3.8, 4) is 11.5 Å². The molecule has 0 atom stereocenters. The Hall–Kier alpha value is -3.11. The number of benzene rings is 2. The van der Waals surface area contributed by atoms with Crippen LogP contribution in [-0.4, -0.2) is 69.3 Å². The molecule has 0 saturated carbocycles. The Bertz CT molecular complexity index is 1090. The number of piperazine rings is 1. The van der Waals surface area contributed by atoms with Crippen molar-refractivity contribution in [1.82, 2.24) is 9.21 Å². The van der Waals surface area contributed by atoms with Crippen LogP contribution in [0.5, 0.6) is 11.5 Å². The van der Waals surface area contributed by atoms with E-state index in [1.807, 2.05) is 0 Å². The maximum absolute atomic E-state index is 13.1. The van der Waals surface area contributed by atoms with Gasteiger partial charge in [-0.3, -0.25) is 9.59 Å². The minimum Gasteiger partial charge on any atom is -0.496 e. The quantitative estimate of drug-likeness (QED) is 0.779. The molecule has 2 aromatic carbocycles. The average molecular weight is 431 g/mol. The van der Waals surface area contributed by atoms with E-state index in [0.717, 1.165) is 0 Å². The molecule has 4 rings (SSSR count). The van der Waals surface area contributed by atoms with Crippen molar-refractivity contribution in [3.05, 3.63) is 48.0 Å². The highest BCUT2D eigenvalue weighted by Gasteiger charge is 2.32. The lowest BCUT2D eigenvalue weighted by molar-refractivity contribution is -0.118. The van der Waals surface area contributed by atoms with Gasteiger partial charge in [0.15, 0.2) is 6.61 Å². The van der Waals surface area contributed by atoms with E-state index < -0.39 is 10.0 Å². The summed E-state index contributed by atoms with van der Waals surface area (Å²) in [5.74, 6) is 0.385. The molecule has 0 bridgehead atoms. The molecule has 30 heavy (non-hydrogen) atoms. The van der Waals surface area contributed by atoms with E-state index in [4.69, 9.17) is 9.47 Å². The number of hydrogen-bond donors (Lipinski definition) is 1. The van der Waals surface area contributed by atoms with Crippen LogP contribution in [0, 0.1) is 0 Å². The number of rotatable bonds is 4. The van der Waals surface area contributed by atoms with Crippen LogP contribution in [0.3, 0.4) is 0 Å². The van der Waals surface area contributed by atoms with Gasteiger partial charge in [-0.2, -0.15) is 4.31 Å². The fourth-order valence-electron chi connectivity index (χ4n) is 3.49. The summed E-state index contributed by atoms with van der Waals surface area (Å²) in [7, 11) is -2.27. The predicted molar refractivity (Wildman–Crippen MR) is 108 cm³/mol. The van der Waals surface area contributed by atoms with E-state index in [2.05, 4.69) is 5.32 Å². The molecule has 2 heterocycles. The lowest BCUT2D eigenvalue weighted by Crippen LogP contribution is -2.50. The average Bonchev–Trinajstić information content (AvgIpc) is 2.78. The number of sulfonamides is 1. The van der Waals surface area contributed by atoms with Crippen molar-refractivity contribution in [1.29, 1.82) is 0 Å². The smallest absolute Gasteiger partial charge is 0.262 e. The molecule has 2 amide bonds. The van der Waals surface area contributed by atoms with Gasteiger partial charge in [0.2, 0.25) is 10.0 Å². The fraction of sp³-hybridized carbons (Fsp3) is 0.300. The third-order valence-electron chi connectivity index (χ3n) is 5.08. The summed E-state index contributed by atoms with van der Waals surface area (Å²) in [5, 5.41) is 2.61. The number of anilines is 1. The number of hydrogen-bond acceptors (Lipinski definition) is 6. The summed E-state index contributed by atoms with van der Waals surface area (Å²) in [6.45, 7) is 0.773. The van der Waals surface area contributed by atoms with Gasteiger partial charge in [0.1, 0.15) is 11.5 Å². The summed E-state index contributed by atoms with van der Waals surface area (Å²) < 4.78 is 38.0. The normalized spacial score (nSPS) is 17.0. The summed E-state index contributed by atoms with van der Waals surface area (Å²) in [6, 6.07) is 11.3. The highest BCUT2D eigenvalue weighted by atomic mass is 32.2. The number of para-hydroxylation sites is 1. The third-order valence-corrected chi connectivity index (χ3v) is 6.98. The van der Waals surface area contributed by atoms with E-state index >= 15 is 0 Å². The molecule has 2 aromatic rings. The number of carbonyl (C=O) groups excluding carboxylic acids is 2. The van der Waals surface area contributed by atoms with Gasteiger partial charge in [-0.05, 0) is 30.3 Å². The first-order valence-corrected chi connectivity index (χ1v) is 10.8. The molecule has 1 fully saturated rings. The minimum atomic E-state index is -3.78. The van der Waals surface area contributed by atoms with E-state index in [-0.39, 0.29) is 49.5 Å². The van der Waals surface area contributed by atoms with Gasteiger partial charge in [-0.15, -0.1) is 0 Å². The van der Waals surface area contributed by atoms with Gasteiger partial charge >= 0.3 is 0 Å². The summed E-state index contributed by atoms with van der Waals surface area (Å²) in [6.07, 6.45) is 0. The zero-order chi connectivity index (χ0) is 21.3. The molecule has 0 aliphatic carbocycles. The Morgan fingerprint density at radius 2 is 1.83 bits per heavy atom. The number of methoxy groups -OCH3 is 1. The number of nitrogens with zero attached hydrogens (tertiary/aromatic N) is 2. The summed E-state index contributed by atoms with van der Waals surface area (Å²) in [5.41, 5.74) is 0.777. The van der Waals surface area contributed by atoms with Gasteiger partial charge < -0.3 is 19.7 Å². The lowest BCUT2D eigenvalue weighted by Gasteiger charge is -2.34. The zero-order valence-corrected chi connectivity index (χ0v) is 17.1. The molecular formula is C20H21N3O6S. The third kappa shape index (κ3) is 3.71. The maximum atomic E-state index is 13.1. The van der Waals surface area contributed by atoms with Crippen molar-refractivity contribution in [3.63, 3.8) is 0 Å². The molecule has 0 aromatic heterocycles. The second-order valence-electron chi connectivity index (χ2n) is 6.89. The van der Waals surface area contributed by atoms with Gasteiger partial charge in [-0.25, -0.2) is 8.42 Å². The highest BCUT2D eigenvalue weighted by Crippen LogP contribution is 2.31. The maximum Gasteiger partial charge on any atom is 0.262 e. The first kappa shape index (κ1) is 20.2. The molecule has 2 aliphatic heterocycles. The SMILES string of the molecule is COc1ccccc1C(=O)N1CCN(S(=O)(=O)c2ccc3c(c2)NC(=O)CO3)CC1. The molecule has 2 aliphatic rings. The van der Waals surface area contributed by atoms with E-state index in [9.17, 15) is 18.0 Å².